The van der Waals surface area contributed by atoms with E-state index in [1.807, 2.05) is 76.2 Å². The first kappa shape index (κ1) is 22.5. The third-order valence-electron chi connectivity index (χ3n) is 5.20. The number of hydrogen-bond acceptors (Lipinski definition) is 5. The summed E-state index contributed by atoms with van der Waals surface area (Å²) in [6.45, 7) is 7.55. The molecule has 32 heavy (non-hydrogen) atoms. The van der Waals surface area contributed by atoms with Gasteiger partial charge in [0.1, 0.15) is 16.3 Å². The maximum atomic E-state index is 15.4. The number of aromatic nitrogens is 2. The number of rotatable bonds is 6. The number of para-hydroxylation sites is 1. The zero-order valence-corrected chi connectivity index (χ0v) is 19.4. The van der Waals surface area contributed by atoms with Gasteiger partial charge >= 0.3 is 0 Å². The molecule has 4 aromatic rings. The number of fused-ring (bicyclic) bond motifs is 1. The molecule has 0 spiro atoms. The molecule has 0 aliphatic rings. The van der Waals surface area contributed by atoms with Gasteiger partial charge in [-0.2, -0.15) is 0 Å². The van der Waals surface area contributed by atoms with Gasteiger partial charge in [-0.05, 0) is 58.0 Å². The van der Waals surface area contributed by atoms with Crippen molar-refractivity contribution in [2.24, 2.45) is 0 Å². The molecule has 2 atom stereocenters. The van der Waals surface area contributed by atoms with E-state index in [1.54, 1.807) is 6.07 Å². The van der Waals surface area contributed by atoms with Crippen LogP contribution >= 0.6 is 0 Å². The molecule has 7 heteroatoms. The Morgan fingerprint density at radius 1 is 1.06 bits per heavy atom. The predicted molar refractivity (Wildman–Crippen MR) is 126 cm³/mol. The van der Waals surface area contributed by atoms with Crippen molar-refractivity contribution in [3.8, 4) is 11.3 Å². The molecule has 2 aromatic heterocycles. The highest BCUT2D eigenvalue weighted by Gasteiger charge is 2.33. The van der Waals surface area contributed by atoms with Crippen LogP contribution in [0.2, 0.25) is 0 Å². The number of aryl methyl sites for hydroxylation is 1. The topological polar surface area (TPSA) is 74.0 Å². The molecule has 166 valence electrons. The van der Waals surface area contributed by atoms with Crippen LogP contribution in [0.15, 0.2) is 65.2 Å². The van der Waals surface area contributed by atoms with Crippen LogP contribution in [-0.4, -0.2) is 19.4 Å². The number of nitrogens with one attached hydrogen (secondary N) is 1. The summed E-state index contributed by atoms with van der Waals surface area (Å²) in [5, 5.41) is 5.03. The van der Waals surface area contributed by atoms with Crippen LogP contribution in [0.3, 0.4) is 0 Å². The fraction of sp³-hybridized carbons (Fsp3) is 0.280. The zero-order valence-electron chi connectivity index (χ0n) is 18.6. The highest BCUT2D eigenvalue weighted by molar-refractivity contribution is 7.90. The first-order valence-corrected chi connectivity index (χ1v) is 11.6. The van der Waals surface area contributed by atoms with E-state index in [-0.39, 0.29) is 0 Å². The predicted octanol–water partition coefficient (Wildman–Crippen LogP) is 5.67. The lowest BCUT2D eigenvalue weighted by atomic mass is 9.93. The molecule has 4 rings (SSSR count). The smallest absolute Gasteiger partial charge is 0.167 e. The maximum Gasteiger partial charge on any atom is 0.167 e. The van der Waals surface area contributed by atoms with Crippen molar-refractivity contribution < 1.29 is 13.5 Å². The molecule has 0 aliphatic heterocycles. The number of benzene rings is 2. The van der Waals surface area contributed by atoms with Crippen molar-refractivity contribution >= 4 is 22.3 Å². The van der Waals surface area contributed by atoms with Crippen molar-refractivity contribution in [1.29, 1.82) is 0 Å². The molecule has 1 N–H and O–H groups in total. The van der Waals surface area contributed by atoms with Gasteiger partial charge in [0.2, 0.25) is 0 Å². The van der Waals surface area contributed by atoms with Crippen LogP contribution in [0.25, 0.3) is 22.2 Å². The Labute approximate surface area is 190 Å². The summed E-state index contributed by atoms with van der Waals surface area (Å²) in [5.74, 6) is -0.398. The molecule has 0 fully saturated rings. The first-order valence-electron chi connectivity index (χ1n) is 10.5. The van der Waals surface area contributed by atoms with E-state index in [0.717, 1.165) is 16.8 Å². The van der Waals surface area contributed by atoms with Gasteiger partial charge in [0.25, 0.3) is 0 Å². The number of nitrogens with zero attached hydrogens (tertiary/aromatic N) is 2. The van der Waals surface area contributed by atoms with Crippen molar-refractivity contribution in [3.05, 3.63) is 83.4 Å². The monoisotopic (exact) mass is 451 g/mol. The summed E-state index contributed by atoms with van der Waals surface area (Å²) in [4.78, 5) is 4.58. The van der Waals surface area contributed by atoms with E-state index in [4.69, 9.17) is 4.52 Å². The van der Waals surface area contributed by atoms with Crippen LogP contribution in [0.1, 0.15) is 43.8 Å². The van der Waals surface area contributed by atoms with E-state index in [2.05, 4.69) is 14.9 Å². The summed E-state index contributed by atoms with van der Waals surface area (Å²) >= 11 is -1.43. The van der Waals surface area contributed by atoms with Crippen LogP contribution < -0.4 is 4.72 Å². The van der Waals surface area contributed by atoms with E-state index in [9.17, 15) is 4.55 Å². The number of halogens is 1. The SMILES string of the molecule is Cc1cccc(C[C@H](N[S+]([O-])C(C)(C)C)c2c(F)cccc2-c2noc3ccccc23)n1. The minimum atomic E-state index is -1.43. The molecule has 5 nitrogen and oxygen atoms in total. The second-order valence-electron chi connectivity index (χ2n) is 8.75. The molecule has 2 heterocycles. The van der Waals surface area contributed by atoms with Gasteiger partial charge in [-0.25, -0.2) is 4.39 Å². The summed E-state index contributed by atoms with van der Waals surface area (Å²) in [7, 11) is 0. The fourth-order valence-electron chi connectivity index (χ4n) is 3.61. The average molecular weight is 452 g/mol. The Morgan fingerprint density at radius 2 is 1.81 bits per heavy atom. The lowest BCUT2D eigenvalue weighted by molar-refractivity contribution is 0.459. The summed E-state index contributed by atoms with van der Waals surface area (Å²) < 4.78 is 36.6. The Balaban J connectivity index is 1.85. The van der Waals surface area contributed by atoms with Crippen molar-refractivity contribution in [3.63, 3.8) is 0 Å². The minimum Gasteiger partial charge on any atom is -0.598 e. The Hall–Kier alpha value is -2.74. The van der Waals surface area contributed by atoms with Gasteiger partial charge in [0.05, 0.1) is 6.04 Å². The molecule has 0 amide bonds. The van der Waals surface area contributed by atoms with Crippen LogP contribution in [-0.2, 0) is 17.8 Å². The Kier molecular flexibility index (Phi) is 6.33. The molecule has 0 aliphatic carbocycles. The molecule has 0 bridgehead atoms. The van der Waals surface area contributed by atoms with Crippen molar-refractivity contribution in [2.75, 3.05) is 0 Å². The van der Waals surface area contributed by atoms with Gasteiger partial charge in [-0.1, -0.05) is 35.5 Å². The molecular formula is C25H26FN3O2S. The Bertz CT molecular complexity index is 1240. The van der Waals surface area contributed by atoms with Crippen LogP contribution in [0, 0.1) is 12.7 Å². The summed E-state index contributed by atoms with van der Waals surface area (Å²) in [6, 6.07) is 17.5. The van der Waals surface area contributed by atoms with Crippen LogP contribution in [0.4, 0.5) is 4.39 Å². The van der Waals surface area contributed by atoms with Gasteiger partial charge in [0, 0.05) is 45.7 Å². The normalized spacial score (nSPS) is 13.9. The average Bonchev–Trinajstić information content (AvgIpc) is 3.16. The van der Waals surface area contributed by atoms with Crippen molar-refractivity contribution in [2.45, 2.75) is 44.9 Å². The third-order valence-corrected chi connectivity index (χ3v) is 6.81. The molecule has 0 radical (unpaired) electrons. The highest BCUT2D eigenvalue weighted by atomic mass is 32.2. The first-order chi connectivity index (χ1) is 15.2. The van der Waals surface area contributed by atoms with Gasteiger partial charge < -0.3 is 9.08 Å². The van der Waals surface area contributed by atoms with Gasteiger partial charge in [-0.15, -0.1) is 4.72 Å². The fourth-order valence-corrected chi connectivity index (χ4v) is 4.42. The molecule has 0 saturated heterocycles. The van der Waals surface area contributed by atoms with E-state index < -0.39 is 28.0 Å². The minimum absolute atomic E-state index is 0.368. The number of hydrogen-bond donors (Lipinski definition) is 1. The largest absolute Gasteiger partial charge is 0.598 e. The van der Waals surface area contributed by atoms with Gasteiger partial charge in [0.15, 0.2) is 5.58 Å². The van der Waals surface area contributed by atoms with E-state index >= 15 is 4.39 Å². The molecule has 1 unspecified atom stereocenters. The van der Waals surface area contributed by atoms with Crippen LogP contribution in [0.5, 0.6) is 0 Å². The Morgan fingerprint density at radius 3 is 2.56 bits per heavy atom. The quantitative estimate of drug-likeness (QED) is 0.382. The number of pyridine rings is 1. The summed E-state index contributed by atoms with van der Waals surface area (Å²) in [5.41, 5.74) is 3.84. The van der Waals surface area contributed by atoms with Gasteiger partial charge in [-0.3, -0.25) is 4.98 Å². The maximum absolute atomic E-state index is 15.4. The lowest BCUT2D eigenvalue weighted by Crippen LogP contribution is -2.42. The second-order valence-corrected chi connectivity index (χ2v) is 10.8. The zero-order chi connectivity index (χ0) is 22.9. The van der Waals surface area contributed by atoms with Crippen molar-refractivity contribution in [1.82, 2.24) is 14.9 Å². The third kappa shape index (κ3) is 4.70. The molecule has 0 saturated carbocycles. The summed E-state index contributed by atoms with van der Waals surface area (Å²) in [6.07, 6.45) is 0.368. The standard InChI is InChI=1S/C25H26FN3O2S/c1-16-9-7-10-17(27-16)15-21(29-32(30)25(2,3)4)23-19(12-8-13-20(23)26)24-18-11-5-6-14-22(18)31-28-24/h5-14,21,29H,15H2,1-4H3/t21-,32?/m0/s1. The molecule has 2 aromatic carbocycles. The van der Waals surface area contributed by atoms with E-state index in [0.29, 0.717) is 28.8 Å². The molecular weight excluding hydrogens is 425 g/mol. The van der Waals surface area contributed by atoms with E-state index in [1.165, 1.54) is 6.07 Å². The lowest BCUT2D eigenvalue weighted by Gasteiger charge is -2.29. The second kappa shape index (κ2) is 9.02. The highest BCUT2D eigenvalue weighted by Crippen LogP contribution is 2.36.